The first kappa shape index (κ1) is 14.0. The number of hydrogen-bond donors (Lipinski definition) is 1. The molecule has 2 amide bonds. The van der Waals surface area contributed by atoms with E-state index in [0.29, 0.717) is 18.8 Å². The SMILES string of the molecule is O=C(O)c1cccn1C1CCN(C(=O)N2CCCC2)CC1. The third-order valence-electron chi connectivity index (χ3n) is 4.50. The molecular formula is C15H21N3O3. The van der Waals surface area contributed by atoms with Crippen LogP contribution in [0.3, 0.4) is 0 Å². The first-order valence-corrected chi connectivity index (χ1v) is 7.61. The number of amides is 2. The molecule has 0 aliphatic carbocycles. The Labute approximate surface area is 123 Å². The maximum absolute atomic E-state index is 12.3. The fourth-order valence-corrected chi connectivity index (χ4v) is 3.34. The van der Waals surface area contributed by atoms with E-state index in [-0.39, 0.29) is 12.1 Å². The normalized spacial score (nSPS) is 20.0. The van der Waals surface area contributed by atoms with Crippen LogP contribution in [0.25, 0.3) is 0 Å². The van der Waals surface area contributed by atoms with E-state index < -0.39 is 5.97 Å². The molecule has 0 unspecified atom stereocenters. The third kappa shape index (κ3) is 2.75. The summed E-state index contributed by atoms with van der Waals surface area (Å²) < 4.78 is 1.83. The van der Waals surface area contributed by atoms with E-state index in [1.165, 1.54) is 0 Å². The molecule has 1 aromatic rings. The van der Waals surface area contributed by atoms with Crippen LogP contribution in [0.5, 0.6) is 0 Å². The number of likely N-dealkylation sites (tertiary alicyclic amines) is 2. The lowest BCUT2D eigenvalue weighted by molar-refractivity contribution is 0.0678. The Kier molecular flexibility index (Phi) is 3.86. The van der Waals surface area contributed by atoms with Crippen LogP contribution in [0.15, 0.2) is 18.3 Å². The molecule has 0 atom stereocenters. The van der Waals surface area contributed by atoms with Gasteiger partial charge in [0, 0.05) is 38.4 Å². The average molecular weight is 291 g/mol. The van der Waals surface area contributed by atoms with E-state index in [1.54, 1.807) is 12.1 Å². The van der Waals surface area contributed by atoms with Crippen molar-refractivity contribution in [2.24, 2.45) is 0 Å². The Balaban J connectivity index is 1.61. The predicted octanol–water partition coefficient (Wildman–Crippen LogP) is 2.04. The monoisotopic (exact) mass is 291 g/mol. The quantitative estimate of drug-likeness (QED) is 0.906. The van der Waals surface area contributed by atoms with Crippen molar-refractivity contribution in [3.05, 3.63) is 24.0 Å². The number of piperidine rings is 1. The van der Waals surface area contributed by atoms with Gasteiger partial charge in [0.15, 0.2) is 0 Å². The zero-order chi connectivity index (χ0) is 14.8. The van der Waals surface area contributed by atoms with Crippen molar-refractivity contribution in [2.75, 3.05) is 26.2 Å². The summed E-state index contributed by atoms with van der Waals surface area (Å²) in [6.45, 7) is 3.16. The summed E-state index contributed by atoms with van der Waals surface area (Å²) in [4.78, 5) is 27.3. The molecule has 1 aromatic heterocycles. The fourth-order valence-electron chi connectivity index (χ4n) is 3.34. The molecule has 1 N–H and O–H groups in total. The highest BCUT2D eigenvalue weighted by Gasteiger charge is 2.29. The van der Waals surface area contributed by atoms with Gasteiger partial charge < -0.3 is 19.5 Å². The van der Waals surface area contributed by atoms with E-state index in [9.17, 15) is 14.7 Å². The molecule has 0 radical (unpaired) electrons. The molecule has 3 rings (SSSR count). The molecule has 21 heavy (non-hydrogen) atoms. The summed E-state index contributed by atoms with van der Waals surface area (Å²) in [5.74, 6) is -0.893. The van der Waals surface area contributed by atoms with Crippen LogP contribution in [0.1, 0.15) is 42.2 Å². The van der Waals surface area contributed by atoms with E-state index in [0.717, 1.165) is 38.8 Å². The summed E-state index contributed by atoms with van der Waals surface area (Å²) in [6.07, 6.45) is 5.66. The second-order valence-corrected chi connectivity index (χ2v) is 5.80. The molecule has 114 valence electrons. The zero-order valence-electron chi connectivity index (χ0n) is 12.1. The highest BCUT2D eigenvalue weighted by atomic mass is 16.4. The molecule has 6 nitrogen and oxygen atoms in total. The van der Waals surface area contributed by atoms with Gasteiger partial charge in [-0.2, -0.15) is 0 Å². The molecule has 2 aliphatic rings. The van der Waals surface area contributed by atoms with Gasteiger partial charge in [0.05, 0.1) is 0 Å². The Morgan fingerprint density at radius 1 is 1.05 bits per heavy atom. The minimum absolute atomic E-state index is 0.150. The van der Waals surface area contributed by atoms with Gasteiger partial charge in [0.2, 0.25) is 0 Å². The van der Waals surface area contributed by atoms with Crippen molar-refractivity contribution >= 4 is 12.0 Å². The number of carboxylic acids is 1. The van der Waals surface area contributed by atoms with Crippen LogP contribution < -0.4 is 0 Å². The number of aromatic nitrogens is 1. The summed E-state index contributed by atoms with van der Waals surface area (Å²) in [5, 5.41) is 9.18. The van der Waals surface area contributed by atoms with Gasteiger partial charge in [-0.05, 0) is 37.8 Å². The predicted molar refractivity (Wildman–Crippen MR) is 77.4 cm³/mol. The second kappa shape index (κ2) is 5.79. The largest absolute Gasteiger partial charge is 0.477 e. The van der Waals surface area contributed by atoms with Crippen LogP contribution >= 0.6 is 0 Å². The Hall–Kier alpha value is -1.98. The zero-order valence-corrected chi connectivity index (χ0v) is 12.1. The highest BCUT2D eigenvalue weighted by molar-refractivity contribution is 5.85. The average Bonchev–Trinajstić information content (AvgIpc) is 3.18. The maximum atomic E-state index is 12.3. The van der Waals surface area contributed by atoms with Crippen molar-refractivity contribution in [3.8, 4) is 0 Å². The molecule has 0 spiro atoms. The number of aromatic carboxylic acids is 1. The number of urea groups is 1. The minimum atomic E-state index is -0.893. The molecule has 2 saturated heterocycles. The van der Waals surface area contributed by atoms with Gasteiger partial charge in [-0.25, -0.2) is 9.59 Å². The van der Waals surface area contributed by atoms with Crippen molar-refractivity contribution < 1.29 is 14.7 Å². The lowest BCUT2D eigenvalue weighted by Gasteiger charge is -2.35. The molecular weight excluding hydrogens is 270 g/mol. The molecule has 0 aromatic carbocycles. The van der Waals surface area contributed by atoms with Crippen LogP contribution in [0, 0.1) is 0 Å². The lowest BCUT2D eigenvalue weighted by Crippen LogP contribution is -2.46. The molecule has 0 saturated carbocycles. The fraction of sp³-hybridized carbons (Fsp3) is 0.600. The topological polar surface area (TPSA) is 65.8 Å². The van der Waals surface area contributed by atoms with Gasteiger partial charge in [-0.1, -0.05) is 0 Å². The molecule has 6 heteroatoms. The van der Waals surface area contributed by atoms with Crippen LogP contribution in [-0.2, 0) is 0 Å². The van der Waals surface area contributed by atoms with E-state index in [1.807, 2.05) is 20.6 Å². The highest BCUT2D eigenvalue weighted by Crippen LogP contribution is 2.25. The summed E-state index contributed by atoms with van der Waals surface area (Å²) >= 11 is 0. The van der Waals surface area contributed by atoms with E-state index in [4.69, 9.17) is 0 Å². The van der Waals surface area contributed by atoms with Gasteiger partial charge in [-0.15, -0.1) is 0 Å². The third-order valence-corrected chi connectivity index (χ3v) is 4.50. The van der Waals surface area contributed by atoms with Crippen molar-refractivity contribution in [3.63, 3.8) is 0 Å². The first-order valence-electron chi connectivity index (χ1n) is 7.61. The Morgan fingerprint density at radius 3 is 2.29 bits per heavy atom. The number of carbonyl (C=O) groups is 2. The lowest BCUT2D eigenvalue weighted by atomic mass is 10.0. The smallest absolute Gasteiger partial charge is 0.352 e. The van der Waals surface area contributed by atoms with Crippen molar-refractivity contribution in [1.29, 1.82) is 0 Å². The molecule has 3 heterocycles. The van der Waals surface area contributed by atoms with Crippen molar-refractivity contribution in [2.45, 2.75) is 31.7 Å². The van der Waals surface area contributed by atoms with Crippen LogP contribution in [0.4, 0.5) is 4.79 Å². The van der Waals surface area contributed by atoms with Crippen LogP contribution in [0.2, 0.25) is 0 Å². The maximum Gasteiger partial charge on any atom is 0.352 e. The number of rotatable bonds is 2. The van der Waals surface area contributed by atoms with Crippen LogP contribution in [-0.4, -0.2) is 57.7 Å². The summed E-state index contributed by atoms with van der Waals surface area (Å²) in [6, 6.07) is 3.72. The van der Waals surface area contributed by atoms with Gasteiger partial charge in [-0.3, -0.25) is 0 Å². The second-order valence-electron chi connectivity index (χ2n) is 5.80. The van der Waals surface area contributed by atoms with Gasteiger partial charge in [0.25, 0.3) is 0 Å². The minimum Gasteiger partial charge on any atom is -0.477 e. The summed E-state index contributed by atoms with van der Waals surface area (Å²) in [7, 11) is 0. The Bertz CT molecular complexity index is 526. The first-order chi connectivity index (χ1) is 10.2. The van der Waals surface area contributed by atoms with Gasteiger partial charge in [0.1, 0.15) is 5.69 Å². The van der Waals surface area contributed by atoms with E-state index in [2.05, 4.69) is 0 Å². The van der Waals surface area contributed by atoms with Gasteiger partial charge >= 0.3 is 12.0 Å². The summed E-state index contributed by atoms with van der Waals surface area (Å²) in [5.41, 5.74) is 0.333. The molecule has 0 bridgehead atoms. The molecule has 2 fully saturated rings. The number of carbonyl (C=O) groups excluding carboxylic acids is 1. The standard InChI is InChI=1S/C15H21N3O3/c19-14(20)13-4-3-9-18(13)12-5-10-17(11-6-12)15(21)16-7-1-2-8-16/h3-4,9,12H,1-2,5-8,10-11H2,(H,19,20). The number of carboxylic acid groups (broad SMARTS) is 1. The Morgan fingerprint density at radius 2 is 1.67 bits per heavy atom. The van der Waals surface area contributed by atoms with Crippen molar-refractivity contribution in [1.82, 2.24) is 14.4 Å². The van der Waals surface area contributed by atoms with E-state index >= 15 is 0 Å². The molecule has 2 aliphatic heterocycles. The number of hydrogen-bond acceptors (Lipinski definition) is 2. The number of nitrogens with zero attached hydrogens (tertiary/aromatic N) is 3.